The molecule has 2 aromatic heterocycles. The Balaban J connectivity index is 1.34. The smallest absolute Gasteiger partial charge is 0.159 e. The van der Waals surface area contributed by atoms with Crippen molar-refractivity contribution in [3.8, 4) is 22.3 Å². The van der Waals surface area contributed by atoms with E-state index in [1.54, 1.807) is 0 Å². The molecule has 0 spiro atoms. The van der Waals surface area contributed by atoms with E-state index >= 15 is 0 Å². The summed E-state index contributed by atoms with van der Waals surface area (Å²) in [6, 6.07) is 44.2. The van der Waals surface area contributed by atoms with Crippen LogP contribution in [0.1, 0.15) is 5.56 Å². The fraction of sp³-hybridized carbons (Fsp3) is 0.0270. The quantitative estimate of drug-likeness (QED) is 0.253. The van der Waals surface area contributed by atoms with Crippen LogP contribution in [0.2, 0.25) is 0 Å². The van der Waals surface area contributed by atoms with E-state index < -0.39 is 0 Å². The maximum absolute atomic E-state index is 6.52. The number of furan rings is 2. The van der Waals surface area contributed by atoms with Crippen molar-refractivity contribution in [1.82, 2.24) is 0 Å². The molecule has 0 aliphatic heterocycles. The van der Waals surface area contributed by atoms with Crippen LogP contribution in [0.15, 0.2) is 136 Å². The predicted octanol–water partition coefficient (Wildman–Crippen LogP) is 10.9. The van der Waals surface area contributed by atoms with Gasteiger partial charge >= 0.3 is 0 Å². The summed E-state index contributed by atoms with van der Waals surface area (Å²) < 4.78 is 12.6. The summed E-state index contributed by atoms with van der Waals surface area (Å²) in [6.45, 7) is 2.15. The Kier molecular flexibility index (Phi) is 5.04. The first-order chi connectivity index (χ1) is 19.7. The number of fused-ring (bicyclic) bond motifs is 6. The lowest BCUT2D eigenvalue weighted by atomic mass is 9.96. The summed E-state index contributed by atoms with van der Waals surface area (Å²) in [5, 5.41) is 8.28. The minimum absolute atomic E-state index is 0.855. The molecular weight excluding hydrogens is 490 g/mol. The summed E-state index contributed by atoms with van der Waals surface area (Å²) in [5.74, 6) is 0. The molecule has 0 bridgehead atoms. The minimum Gasteiger partial charge on any atom is -0.456 e. The van der Waals surface area contributed by atoms with E-state index in [0.29, 0.717) is 0 Å². The third kappa shape index (κ3) is 3.52. The highest BCUT2D eigenvalue weighted by atomic mass is 16.3. The first kappa shape index (κ1) is 22.7. The van der Waals surface area contributed by atoms with Gasteiger partial charge in [-0.05, 0) is 60.0 Å². The number of anilines is 2. The minimum atomic E-state index is 0.855. The number of nitrogens with one attached hydrogen (secondary N) is 1. The van der Waals surface area contributed by atoms with Gasteiger partial charge in [-0.3, -0.25) is 0 Å². The van der Waals surface area contributed by atoms with Gasteiger partial charge in [0.2, 0.25) is 0 Å². The van der Waals surface area contributed by atoms with Crippen molar-refractivity contribution in [2.24, 2.45) is 0 Å². The molecule has 0 amide bonds. The van der Waals surface area contributed by atoms with Crippen molar-refractivity contribution in [3.63, 3.8) is 0 Å². The molecule has 0 fully saturated rings. The fourth-order valence-corrected chi connectivity index (χ4v) is 5.88. The Hall–Kier alpha value is -5.28. The highest BCUT2D eigenvalue weighted by Gasteiger charge is 2.19. The van der Waals surface area contributed by atoms with Crippen molar-refractivity contribution in [3.05, 3.63) is 133 Å². The zero-order valence-electron chi connectivity index (χ0n) is 21.9. The van der Waals surface area contributed by atoms with Gasteiger partial charge in [-0.2, -0.15) is 0 Å². The van der Waals surface area contributed by atoms with Gasteiger partial charge in [-0.15, -0.1) is 0 Å². The van der Waals surface area contributed by atoms with Crippen LogP contribution < -0.4 is 5.32 Å². The molecule has 3 heteroatoms. The van der Waals surface area contributed by atoms with Gasteiger partial charge in [0.15, 0.2) is 5.58 Å². The van der Waals surface area contributed by atoms with E-state index in [1.165, 1.54) is 11.1 Å². The molecule has 2 heterocycles. The highest BCUT2D eigenvalue weighted by Crippen LogP contribution is 2.43. The molecule has 0 radical (unpaired) electrons. The predicted molar refractivity (Wildman–Crippen MR) is 166 cm³/mol. The van der Waals surface area contributed by atoms with E-state index in [0.717, 1.165) is 71.9 Å². The molecule has 0 saturated heterocycles. The first-order valence-electron chi connectivity index (χ1n) is 13.5. The van der Waals surface area contributed by atoms with E-state index in [9.17, 15) is 0 Å². The lowest BCUT2D eigenvalue weighted by Gasteiger charge is -2.17. The normalized spacial score (nSPS) is 11.6. The molecule has 6 aromatic carbocycles. The average Bonchev–Trinajstić information content (AvgIpc) is 3.56. The number of hydrogen-bond acceptors (Lipinski definition) is 3. The molecule has 0 aliphatic carbocycles. The summed E-state index contributed by atoms with van der Waals surface area (Å²) in [4.78, 5) is 0. The van der Waals surface area contributed by atoms with Gasteiger partial charge in [0, 0.05) is 38.4 Å². The molecule has 0 saturated carbocycles. The highest BCUT2D eigenvalue weighted by molar-refractivity contribution is 6.13. The van der Waals surface area contributed by atoms with Gasteiger partial charge < -0.3 is 14.2 Å². The van der Waals surface area contributed by atoms with Gasteiger partial charge in [0.25, 0.3) is 0 Å². The Morgan fingerprint density at radius 2 is 1.12 bits per heavy atom. The Morgan fingerprint density at radius 1 is 0.475 bits per heavy atom. The van der Waals surface area contributed by atoms with Crippen molar-refractivity contribution in [2.45, 2.75) is 6.92 Å². The topological polar surface area (TPSA) is 38.3 Å². The van der Waals surface area contributed by atoms with E-state index in [4.69, 9.17) is 8.83 Å². The number of hydrogen-bond donors (Lipinski definition) is 1. The number of para-hydroxylation sites is 3. The fourth-order valence-electron chi connectivity index (χ4n) is 5.88. The van der Waals surface area contributed by atoms with Gasteiger partial charge in [-0.1, -0.05) is 91.0 Å². The average molecular weight is 516 g/mol. The van der Waals surface area contributed by atoms with E-state index in [1.807, 2.05) is 24.3 Å². The van der Waals surface area contributed by atoms with Crippen LogP contribution in [-0.2, 0) is 0 Å². The monoisotopic (exact) mass is 515 g/mol. The molecule has 0 unspecified atom stereocenters. The third-order valence-corrected chi connectivity index (χ3v) is 7.86. The molecular formula is C37H25NO2. The van der Waals surface area contributed by atoms with Crippen molar-refractivity contribution < 1.29 is 8.83 Å². The summed E-state index contributed by atoms with van der Waals surface area (Å²) in [6.07, 6.45) is 0. The van der Waals surface area contributed by atoms with E-state index in [2.05, 4.69) is 115 Å². The molecule has 3 nitrogen and oxygen atoms in total. The van der Waals surface area contributed by atoms with Crippen LogP contribution in [0.3, 0.4) is 0 Å². The second-order valence-corrected chi connectivity index (χ2v) is 10.3. The molecule has 8 rings (SSSR count). The summed E-state index contributed by atoms with van der Waals surface area (Å²) in [7, 11) is 0. The first-order valence-corrected chi connectivity index (χ1v) is 13.5. The number of benzene rings is 6. The second-order valence-electron chi connectivity index (χ2n) is 10.3. The second kappa shape index (κ2) is 8.89. The zero-order chi connectivity index (χ0) is 26.6. The standard InChI is InChI=1S/C37H25NO2/c1-23-10-2-3-11-25(23)29-19-20-30-27-13-5-9-17-34(27)40-37(30)36(29)38-32-15-7-4-12-26(32)24-18-21-35-31(22-24)28-14-6-8-16-33(28)39-35/h2-22,38H,1H3. The third-order valence-electron chi connectivity index (χ3n) is 7.86. The molecule has 40 heavy (non-hydrogen) atoms. The Labute approximate surface area is 231 Å². The molecule has 0 aliphatic rings. The van der Waals surface area contributed by atoms with Crippen LogP contribution in [0, 0.1) is 6.92 Å². The van der Waals surface area contributed by atoms with Crippen LogP contribution in [0.5, 0.6) is 0 Å². The molecule has 1 N–H and O–H groups in total. The summed E-state index contributed by atoms with van der Waals surface area (Å²) >= 11 is 0. The largest absolute Gasteiger partial charge is 0.456 e. The zero-order valence-corrected chi connectivity index (χ0v) is 21.9. The SMILES string of the molecule is Cc1ccccc1-c1ccc2c(oc3ccccc32)c1Nc1ccccc1-c1ccc2oc3ccccc3c2c1. The van der Waals surface area contributed by atoms with Crippen molar-refractivity contribution >= 4 is 55.3 Å². The maximum Gasteiger partial charge on any atom is 0.159 e. The summed E-state index contributed by atoms with van der Waals surface area (Å²) in [5.41, 5.74) is 11.2. The van der Waals surface area contributed by atoms with Crippen LogP contribution in [0.25, 0.3) is 66.1 Å². The molecule has 0 atom stereocenters. The van der Waals surface area contributed by atoms with E-state index in [-0.39, 0.29) is 0 Å². The number of rotatable bonds is 4. The van der Waals surface area contributed by atoms with Gasteiger partial charge in [0.1, 0.15) is 16.7 Å². The lowest BCUT2D eigenvalue weighted by Crippen LogP contribution is -1.97. The Bertz CT molecular complexity index is 2220. The maximum atomic E-state index is 6.52. The van der Waals surface area contributed by atoms with Crippen LogP contribution in [-0.4, -0.2) is 0 Å². The van der Waals surface area contributed by atoms with Gasteiger partial charge in [-0.25, -0.2) is 0 Å². The van der Waals surface area contributed by atoms with Gasteiger partial charge in [0.05, 0.1) is 5.69 Å². The molecule has 190 valence electrons. The van der Waals surface area contributed by atoms with Crippen LogP contribution in [0.4, 0.5) is 11.4 Å². The van der Waals surface area contributed by atoms with Crippen molar-refractivity contribution in [1.29, 1.82) is 0 Å². The number of aryl methyl sites for hydroxylation is 1. The molecule has 8 aromatic rings. The Morgan fingerprint density at radius 3 is 1.95 bits per heavy atom. The lowest BCUT2D eigenvalue weighted by molar-refractivity contribution is 0.669. The van der Waals surface area contributed by atoms with Crippen LogP contribution >= 0.6 is 0 Å². The van der Waals surface area contributed by atoms with Crippen molar-refractivity contribution in [2.75, 3.05) is 5.32 Å².